The van der Waals surface area contributed by atoms with Crippen LogP contribution >= 0.6 is 0 Å². The lowest BCUT2D eigenvalue weighted by molar-refractivity contribution is 0.923. The molecule has 0 aromatic carbocycles. The predicted octanol–water partition coefficient (Wildman–Crippen LogP) is 3.87. The van der Waals surface area contributed by atoms with Crippen LogP contribution in [0.5, 0.6) is 0 Å². The Balaban J connectivity index is 4.10. The zero-order chi connectivity index (χ0) is 8.69. The van der Waals surface area contributed by atoms with Crippen LogP contribution in [-0.2, 0) is 0 Å². The van der Waals surface area contributed by atoms with Gasteiger partial charge >= 0.3 is 0 Å². The molecule has 0 amide bonds. The maximum atomic E-state index is 3.92. The molecule has 0 aromatic heterocycles. The van der Waals surface area contributed by atoms with Crippen LogP contribution in [0.2, 0.25) is 0 Å². The van der Waals surface area contributed by atoms with Gasteiger partial charge in [-0.25, -0.2) is 0 Å². The monoisotopic (exact) mass is 150 g/mol. The molecule has 0 nitrogen and oxygen atoms in total. The molecule has 0 heterocycles. The third-order valence-corrected chi connectivity index (χ3v) is 1.64. The molecule has 0 bridgehead atoms. The lowest BCUT2D eigenvalue weighted by Crippen LogP contribution is -1.79. The third-order valence-electron chi connectivity index (χ3n) is 1.64. The fraction of sp³-hybridized carbons (Fsp3) is 0.455. The Bertz CT molecular complexity index is 161. The Morgan fingerprint density at radius 1 is 1.36 bits per heavy atom. The topological polar surface area (TPSA) is 0 Å². The van der Waals surface area contributed by atoms with E-state index in [4.69, 9.17) is 0 Å². The quantitative estimate of drug-likeness (QED) is 0.522. The van der Waals surface area contributed by atoms with Crippen molar-refractivity contribution in [3.8, 4) is 0 Å². The van der Waals surface area contributed by atoms with Gasteiger partial charge in [0, 0.05) is 0 Å². The molecule has 0 fully saturated rings. The first-order valence-corrected chi connectivity index (χ1v) is 4.25. The molecule has 0 aromatic rings. The van der Waals surface area contributed by atoms with Gasteiger partial charge < -0.3 is 0 Å². The van der Waals surface area contributed by atoms with E-state index in [0.717, 1.165) is 12.8 Å². The van der Waals surface area contributed by atoms with Crippen LogP contribution in [0.25, 0.3) is 0 Å². The minimum absolute atomic E-state index is 1.03. The summed E-state index contributed by atoms with van der Waals surface area (Å²) in [6, 6.07) is 0. The standard InChI is InChI=1S/C11H18/c1-5-8-11(7-3)9-10(4)6-2/h7,9H,3-6,8H2,1-2H3/b11-9+. The second-order valence-corrected chi connectivity index (χ2v) is 2.69. The van der Waals surface area contributed by atoms with Gasteiger partial charge in [0.05, 0.1) is 0 Å². The van der Waals surface area contributed by atoms with Gasteiger partial charge in [-0.05, 0) is 18.4 Å². The second kappa shape index (κ2) is 5.96. The van der Waals surface area contributed by atoms with Gasteiger partial charge in [0.15, 0.2) is 0 Å². The summed E-state index contributed by atoms with van der Waals surface area (Å²) in [6.07, 6.45) is 7.37. The van der Waals surface area contributed by atoms with Crippen LogP contribution in [0.3, 0.4) is 0 Å². The number of hydrogen-bond donors (Lipinski definition) is 0. The van der Waals surface area contributed by atoms with E-state index in [1.807, 2.05) is 6.08 Å². The van der Waals surface area contributed by atoms with Gasteiger partial charge in [0.2, 0.25) is 0 Å². The summed E-state index contributed by atoms with van der Waals surface area (Å²) >= 11 is 0. The van der Waals surface area contributed by atoms with Gasteiger partial charge in [-0.15, -0.1) is 0 Å². The smallest absolute Gasteiger partial charge is 0.0282 e. The zero-order valence-corrected chi connectivity index (χ0v) is 7.69. The molecule has 0 radical (unpaired) electrons. The SMILES string of the molecule is C=C/C(=C\C(=C)CC)CCC. The molecule has 0 spiro atoms. The molecule has 0 aliphatic rings. The molecule has 0 heteroatoms. The van der Waals surface area contributed by atoms with Crippen molar-refractivity contribution < 1.29 is 0 Å². The summed E-state index contributed by atoms with van der Waals surface area (Å²) in [4.78, 5) is 0. The Morgan fingerprint density at radius 2 is 2.00 bits per heavy atom. The van der Waals surface area contributed by atoms with Crippen molar-refractivity contribution in [3.05, 3.63) is 36.5 Å². The summed E-state index contributed by atoms with van der Waals surface area (Å²) < 4.78 is 0. The average Bonchev–Trinajstić information content (AvgIpc) is 2.03. The molecule has 0 unspecified atom stereocenters. The summed E-state index contributed by atoms with van der Waals surface area (Å²) in [5.74, 6) is 0. The van der Waals surface area contributed by atoms with Crippen molar-refractivity contribution in [1.82, 2.24) is 0 Å². The highest BCUT2D eigenvalue weighted by molar-refractivity contribution is 5.26. The molecular weight excluding hydrogens is 132 g/mol. The van der Waals surface area contributed by atoms with E-state index in [1.165, 1.54) is 17.6 Å². The van der Waals surface area contributed by atoms with Crippen LogP contribution in [0.4, 0.5) is 0 Å². The van der Waals surface area contributed by atoms with Gasteiger partial charge in [-0.1, -0.05) is 51.2 Å². The summed E-state index contributed by atoms with van der Waals surface area (Å²) in [5, 5.41) is 0. The normalized spacial score (nSPS) is 11.3. The number of rotatable bonds is 5. The first-order valence-electron chi connectivity index (χ1n) is 4.25. The summed E-state index contributed by atoms with van der Waals surface area (Å²) in [6.45, 7) is 12.0. The summed E-state index contributed by atoms with van der Waals surface area (Å²) in [5.41, 5.74) is 2.49. The highest BCUT2D eigenvalue weighted by Gasteiger charge is 1.90. The van der Waals surface area contributed by atoms with Gasteiger partial charge in [0.25, 0.3) is 0 Å². The first-order chi connectivity index (χ1) is 5.24. The Labute approximate surface area is 70.3 Å². The average molecular weight is 150 g/mol. The number of hydrogen-bond acceptors (Lipinski definition) is 0. The van der Waals surface area contributed by atoms with E-state index in [1.54, 1.807) is 0 Å². The lowest BCUT2D eigenvalue weighted by atomic mass is 10.1. The molecule has 0 N–H and O–H groups in total. The van der Waals surface area contributed by atoms with Crippen molar-refractivity contribution in [2.45, 2.75) is 33.1 Å². The fourth-order valence-corrected chi connectivity index (χ4v) is 0.886. The van der Waals surface area contributed by atoms with Crippen molar-refractivity contribution in [2.24, 2.45) is 0 Å². The van der Waals surface area contributed by atoms with Gasteiger partial charge in [0.1, 0.15) is 0 Å². The first kappa shape index (κ1) is 10.2. The second-order valence-electron chi connectivity index (χ2n) is 2.69. The minimum atomic E-state index is 1.03. The Hall–Kier alpha value is -0.780. The molecule has 0 saturated heterocycles. The van der Waals surface area contributed by atoms with E-state index in [-0.39, 0.29) is 0 Å². The van der Waals surface area contributed by atoms with Crippen molar-refractivity contribution in [2.75, 3.05) is 0 Å². The molecule has 0 rings (SSSR count). The van der Waals surface area contributed by atoms with E-state index in [0.29, 0.717) is 0 Å². The van der Waals surface area contributed by atoms with Crippen LogP contribution in [0, 0.1) is 0 Å². The van der Waals surface area contributed by atoms with E-state index in [9.17, 15) is 0 Å². The van der Waals surface area contributed by atoms with Gasteiger partial charge in [-0.3, -0.25) is 0 Å². The van der Waals surface area contributed by atoms with Crippen LogP contribution in [0.15, 0.2) is 36.5 Å². The maximum absolute atomic E-state index is 3.92. The van der Waals surface area contributed by atoms with E-state index >= 15 is 0 Å². The molecule has 62 valence electrons. The minimum Gasteiger partial charge on any atom is -0.0988 e. The van der Waals surface area contributed by atoms with E-state index < -0.39 is 0 Å². The van der Waals surface area contributed by atoms with Gasteiger partial charge in [-0.2, -0.15) is 0 Å². The Kier molecular flexibility index (Phi) is 5.54. The fourth-order valence-electron chi connectivity index (χ4n) is 0.886. The highest BCUT2D eigenvalue weighted by atomic mass is 14.0. The molecule has 11 heavy (non-hydrogen) atoms. The van der Waals surface area contributed by atoms with Crippen molar-refractivity contribution in [3.63, 3.8) is 0 Å². The molecular formula is C11H18. The molecule has 0 aliphatic carbocycles. The largest absolute Gasteiger partial charge is 0.0988 e. The summed E-state index contributed by atoms with van der Waals surface area (Å²) in [7, 11) is 0. The van der Waals surface area contributed by atoms with Crippen molar-refractivity contribution >= 4 is 0 Å². The van der Waals surface area contributed by atoms with Crippen molar-refractivity contribution in [1.29, 1.82) is 0 Å². The molecule has 0 atom stereocenters. The molecule has 0 aliphatic heterocycles. The zero-order valence-electron chi connectivity index (χ0n) is 7.69. The van der Waals surface area contributed by atoms with Crippen LogP contribution in [-0.4, -0.2) is 0 Å². The Morgan fingerprint density at radius 3 is 2.36 bits per heavy atom. The maximum Gasteiger partial charge on any atom is -0.0282 e. The molecule has 0 saturated carbocycles. The predicted molar refractivity (Wildman–Crippen MR) is 52.6 cm³/mol. The lowest BCUT2D eigenvalue weighted by Gasteiger charge is -1.99. The number of allylic oxidation sites excluding steroid dienone is 4. The highest BCUT2D eigenvalue weighted by Crippen LogP contribution is 2.10. The third kappa shape index (κ3) is 4.60. The van der Waals surface area contributed by atoms with E-state index in [2.05, 4.69) is 33.1 Å². The van der Waals surface area contributed by atoms with Crippen LogP contribution in [0.1, 0.15) is 33.1 Å². The van der Waals surface area contributed by atoms with Crippen LogP contribution < -0.4 is 0 Å².